The molecule has 0 saturated carbocycles. The standard InChI is InChI=1S/C21H35NO8/c1-6-9-17(24)28-13-16-21(30-19(26)11-8-3)20(29-18(25)10-7-2)15(12-27-16)22(5)14(4)23/h15-16,20-21H,6-13H2,1-5H3. The molecule has 0 radical (unpaired) electrons. The van der Waals surface area contributed by atoms with Gasteiger partial charge in [-0.05, 0) is 19.3 Å². The summed E-state index contributed by atoms with van der Waals surface area (Å²) in [6.45, 7) is 6.85. The Kier molecular flexibility index (Phi) is 11.4. The fourth-order valence-electron chi connectivity index (χ4n) is 3.12. The number of rotatable bonds is 11. The van der Waals surface area contributed by atoms with Crippen LogP contribution in [0, 0.1) is 0 Å². The van der Waals surface area contributed by atoms with Gasteiger partial charge < -0.3 is 23.8 Å². The highest BCUT2D eigenvalue weighted by atomic mass is 16.6. The van der Waals surface area contributed by atoms with E-state index in [0.29, 0.717) is 19.3 Å². The minimum atomic E-state index is -1.00. The van der Waals surface area contributed by atoms with Crippen LogP contribution >= 0.6 is 0 Å². The maximum absolute atomic E-state index is 12.3. The van der Waals surface area contributed by atoms with Crippen LogP contribution in [0.5, 0.6) is 0 Å². The van der Waals surface area contributed by atoms with Crippen molar-refractivity contribution in [1.29, 1.82) is 0 Å². The number of nitrogens with zero attached hydrogens (tertiary/aromatic N) is 1. The summed E-state index contributed by atoms with van der Waals surface area (Å²) < 4.78 is 22.4. The van der Waals surface area contributed by atoms with E-state index in [1.54, 1.807) is 7.05 Å². The van der Waals surface area contributed by atoms with E-state index in [0.717, 1.165) is 0 Å². The van der Waals surface area contributed by atoms with Crippen molar-refractivity contribution in [3.05, 3.63) is 0 Å². The smallest absolute Gasteiger partial charge is 0.306 e. The summed E-state index contributed by atoms with van der Waals surface area (Å²) >= 11 is 0. The van der Waals surface area contributed by atoms with Gasteiger partial charge in [-0.2, -0.15) is 0 Å². The molecule has 1 aliphatic heterocycles. The monoisotopic (exact) mass is 429 g/mol. The first-order chi connectivity index (χ1) is 14.2. The molecule has 9 nitrogen and oxygen atoms in total. The number of hydrogen-bond donors (Lipinski definition) is 0. The zero-order valence-corrected chi connectivity index (χ0v) is 18.7. The Bertz CT molecular complexity index is 594. The lowest BCUT2D eigenvalue weighted by molar-refractivity contribution is -0.217. The number of hydrogen-bond acceptors (Lipinski definition) is 8. The lowest BCUT2D eigenvalue weighted by atomic mass is 9.96. The summed E-state index contributed by atoms with van der Waals surface area (Å²) in [6, 6.07) is -0.634. The average molecular weight is 430 g/mol. The van der Waals surface area contributed by atoms with Gasteiger partial charge >= 0.3 is 17.9 Å². The largest absolute Gasteiger partial charge is 0.463 e. The molecule has 1 amide bonds. The minimum Gasteiger partial charge on any atom is -0.463 e. The Morgan fingerprint density at radius 2 is 1.37 bits per heavy atom. The van der Waals surface area contributed by atoms with Crippen molar-refractivity contribution in [2.24, 2.45) is 0 Å². The molecule has 30 heavy (non-hydrogen) atoms. The summed E-state index contributed by atoms with van der Waals surface area (Å²) in [4.78, 5) is 49.7. The average Bonchev–Trinajstić information content (AvgIpc) is 2.68. The highest BCUT2D eigenvalue weighted by Gasteiger charge is 2.48. The van der Waals surface area contributed by atoms with Crippen LogP contribution in [0.15, 0.2) is 0 Å². The number of likely N-dealkylation sites (N-methyl/N-ethyl adjacent to an activating group) is 1. The molecular formula is C21H35NO8. The van der Waals surface area contributed by atoms with Crippen LogP contribution in [-0.4, -0.2) is 73.3 Å². The summed E-state index contributed by atoms with van der Waals surface area (Å²) in [7, 11) is 1.57. The minimum absolute atomic E-state index is 0.0535. The first-order valence-corrected chi connectivity index (χ1v) is 10.6. The van der Waals surface area contributed by atoms with Crippen molar-refractivity contribution >= 4 is 23.8 Å². The van der Waals surface area contributed by atoms with Crippen molar-refractivity contribution in [2.45, 2.75) is 90.6 Å². The third-order valence-electron chi connectivity index (χ3n) is 4.85. The molecule has 0 aromatic heterocycles. The van der Waals surface area contributed by atoms with E-state index in [2.05, 4.69) is 0 Å². The number of esters is 3. The van der Waals surface area contributed by atoms with Gasteiger partial charge in [-0.3, -0.25) is 19.2 Å². The van der Waals surface area contributed by atoms with E-state index in [4.69, 9.17) is 18.9 Å². The van der Waals surface area contributed by atoms with Crippen LogP contribution < -0.4 is 0 Å². The van der Waals surface area contributed by atoms with E-state index in [-0.39, 0.29) is 44.4 Å². The number of ether oxygens (including phenoxy) is 4. The predicted molar refractivity (Wildman–Crippen MR) is 107 cm³/mol. The summed E-state index contributed by atoms with van der Waals surface area (Å²) in [5.74, 6) is -1.56. The first-order valence-electron chi connectivity index (χ1n) is 10.6. The van der Waals surface area contributed by atoms with Gasteiger partial charge in [0, 0.05) is 33.2 Å². The topological polar surface area (TPSA) is 108 Å². The van der Waals surface area contributed by atoms with Crippen LogP contribution in [0.1, 0.15) is 66.2 Å². The van der Waals surface area contributed by atoms with Gasteiger partial charge in [0.15, 0.2) is 12.2 Å². The lowest BCUT2D eigenvalue weighted by Gasteiger charge is -2.44. The van der Waals surface area contributed by atoms with E-state index in [9.17, 15) is 19.2 Å². The summed E-state index contributed by atoms with van der Waals surface area (Å²) in [5, 5.41) is 0. The Balaban J connectivity index is 3.13. The lowest BCUT2D eigenvalue weighted by Crippen LogP contribution is -2.62. The molecule has 0 N–H and O–H groups in total. The molecule has 0 aromatic rings. The quantitative estimate of drug-likeness (QED) is 0.362. The fraction of sp³-hybridized carbons (Fsp3) is 0.810. The van der Waals surface area contributed by atoms with Crippen LogP contribution in [-0.2, 0) is 38.1 Å². The molecule has 1 saturated heterocycles. The zero-order chi connectivity index (χ0) is 22.7. The number of carbonyl (C=O) groups excluding carboxylic acids is 4. The Morgan fingerprint density at radius 3 is 1.87 bits per heavy atom. The van der Waals surface area contributed by atoms with Gasteiger partial charge in [0.25, 0.3) is 0 Å². The number of carbonyl (C=O) groups is 4. The maximum Gasteiger partial charge on any atom is 0.306 e. The van der Waals surface area contributed by atoms with Crippen LogP contribution in [0.2, 0.25) is 0 Å². The highest BCUT2D eigenvalue weighted by molar-refractivity contribution is 5.74. The van der Waals surface area contributed by atoms with E-state index >= 15 is 0 Å². The van der Waals surface area contributed by atoms with Crippen LogP contribution in [0.4, 0.5) is 0 Å². The molecule has 9 heteroatoms. The highest BCUT2D eigenvalue weighted by Crippen LogP contribution is 2.26. The van der Waals surface area contributed by atoms with E-state index < -0.39 is 36.3 Å². The molecule has 0 aliphatic carbocycles. The molecule has 4 atom stereocenters. The summed E-state index contributed by atoms with van der Waals surface area (Å²) in [5.41, 5.74) is 0. The van der Waals surface area contributed by atoms with Gasteiger partial charge in [-0.25, -0.2) is 0 Å². The Labute approximate surface area is 178 Å². The molecule has 1 heterocycles. The van der Waals surface area contributed by atoms with Gasteiger partial charge in [-0.1, -0.05) is 20.8 Å². The molecule has 172 valence electrons. The van der Waals surface area contributed by atoms with E-state index in [1.807, 2.05) is 20.8 Å². The SMILES string of the molecule is CCCC(=O)OCC1OCC(N(C)C(C)=O)C(OC(=O)CCC)C1OC(=O)CCC. The number of amides is 1. The van der Waals surface area contributed by atoms with Crippen LogP contribution in [0.25, 0.3) is 0 Å². The van der Waals surface area contributed by atoms with Crippen molar-refractivity contribution in [1.82, 2.24) is 4.90 Å². The molecule has 4 unspecified atom stereocenters. The molecule has 1 fully saturated rings. The van der Waals surface area contributed by atoms with Gasteiger partial charge in [0.05, 0.1) is 12.6 Å². The second-order valence-electron chi connectivity index (χ2n) is 7.41. The maximum atomic E-state index is 12.3. The van der Waals surface area contributed by atoms with E-state index in [1.165, 1.54) is 11.8 Å². The third-order valence-corrected chi connectivity index (χ3v) is 4.85. The van der Waals surface area contributed by atoms with Crippen molar-refractivity contribution in [2.75, 3.05) is 20.3 Å². The summed E-state index contributed by atoms with van der Waals surface area (Å²) in [6.07, 6.45) is -0.279. The Hall–Kier alpha value is -2.16. The van der Waals surface area contributed by atoms with Gasteiger partial charge in [-0.15, -0.1) is 0 Å². The fourth-order valence-corrected chi connectivity index (χ4v) is 3.12. The Morgan fingerprint density at radius 1 is 0.867 bits per heavy atom. The molecular weight excluding hydrogens is 394 g/mol. The molecule has 1 aliphatic rings. The van der Waals surface area contributed by atoms with Crippen molar-refractivity contribution in [3.8, 4) is 0 Å². The second-order valence-corrected chi connectivity index (χ2v) is 7.41. The predicted octanol–water partition coefficient (Wildman–Crippen LogP) is 2.00. The normalized spacial score (nSPS) is 23.4. The van der Waals surface area contributed by atoms with Gasteiger partial charge in [0.2, 0.25) is 5.91 Å². The van der Waals surface area contributed by atoms with Crippen molar-refractivity contribution < 1.29 is 38.1 Å². The molecule has 0 bridgehead atoms. The van der Waals surface area contributed by atoms with Crippen molar-refractivity contribution in [3.63, 3.8) is 0 Å². The third kappa shape index (κ3) is 7.93. The second kappa shape index (κ2) is 13.2. The first kappa shape index (κ1) is 25.9. The zero-order valence-electron chi connectivity index (χ0n) is 18.7. The molecule has 1 rings (SSSR count). The molecule has 0 aromatic carbocycles. The van der Waals surface area contributed by atoms with Gasteiger partial charge in [0.1, 0.15) is 12.7 Å². The van der Waals surface area contributed by atoms with Crippen LogP contribution in [0.3, 0.4) is 0 Å². The molecule has 0 spiro atoms.